The van der Waals surface area contributed by atoms with Crippen LogP contribution in [0.5, 0.6) is 0 Å². The van der Waals surface area contributed by atoms with Crippen molar-refractivity contribution in [3.63, 3.8) is 0 Å². The van der Waals surface area contributed by atoms with Crippen molar-refractivity contribution >= 4 is 5.96 Å². The highest BCUT2D eigenvalue weighted by Gasteiger charge is 2.29. The zero-order chi connectivity index (χ0) is 12.2. The Labute approximate surface area is 98.5 Å². The van der Waals surface area contributed by atoms with Crippen LogP contribution in [0.3, 0.4) is 0 Å². The monoisotopic (exact) mass is 227 g/mol. The van der Waals surface area contributed by atoms with Gasteiger partial charge in [-0.15, -0.1) is 0 Å². The van der Waals surface area contributed by atoms with Gasteiger partial charge in [-0.3, -0.25) is 4.99 Å². The highest BCUT2D eigenvalue weighted by Crippen LogP contribution is 2.27. The van der Waals surface area contributed by atoms with E-state index in [2.05, 4.69) is 18.8 Å². The maximum Gasteiger partial charge on any atom is 0.191 e. The molecule has 1 rings (SSSR count). The van der Waals surface area contributed by atoms with E-state index in [9.17, 15) is 5.11 Å². The molecular formula is C12H25N3O. The van der Waals surface area contributed by atoms with Crippen molar-refractivity contribution in [3.05, 3.63) is 0 Å². The summed E-state index contributed by atoms with van der Waals surface area (Å²) in [5.74, 6) is 0.613. The van der Waals surface area contributed by atoms with Crippen LogP contribution in [-0.2, 0) is 0 Å². The second-order valence-electron chi connectivity index (χ2n) is 4.88. The zero-order valence-corrected chi connectivity index (χ0v) is 10.7. The fraction of sp³-hybridized carbons (Fsp3) is 0.917. The lowest BCUT2D eigenvalue weighted by atomic mass is 9.83. The molecule has 1 saturated carbocycles. The molecule has 16 heavy (non-hydrogen) atoms. The lowest BCUT2D eigenvalue weighted by Gasteiger charge is -2.28. The Balaban J connectivity index is 2.54. The molecule has 4 nitrogen and oxygen atoms in total. The molecule has 4 heteroatoms. The first-order valence-electron chi connectivity index (χ1n) is 6.22. The van der Waals surface area contributed by atoms with Gasteiger partial charge in [0.2, 0.25) is 0 Å². The SMILES string of the molecule is CCC(CC)(CO)CN=C(N)N(C)C1CC1. The van der Waals surface area contributed by atoms with Gasteiger partial charge in [-0.1, -0.05) is 13.8 Å². The van der Waals surface area contributed by atoms with Crippen LogP contribution < -0.4 is 5.73 Å². The van der Waals surface area contributed by atoms with E-state index in [4.69, 9.17) is 5.73 Å². The Bertz CT molecular complexity index is 236. The molecule has 94 valence electrons. The molecule has 0 aromatic heterocycles. The number of aliphatic imine (C=N–C) groups is 1. The first-order chi connectivity index (χ1) is 7.58. The van der Waals surface area contributed by atoms with Crippen molar-refractivity contribution in [2.24, 2.45) is 16.1 Å². The van der Waals surface area contributed by atoms with E-state index >= 15 is 0 Å². The van der Waals surface area contributed by atoms with Gasteiger partial charge in [0.1, 0.15) is 0 Å². The van der Waals surface area contributed by atoms with Crippen LogP contribution in [0.2, 0.25) is 0 Å². The number of hydrogen-bond acceptors (Lipinski definition) is 2. The molecule has 0 bridgehead atoms. The summed E-state index contributed by atoms with van der Waals surface area (Å²) in [5.41, 5.74) is 5.84. The predicted octanol–water partition coefficient (Wildman–Crippen LogP) is 1.19. The third-order valence-corrected chi connectivity index (χ3v) is 3.87. The van der Waals surface area contributed by atoms with Crippen LogP contribution in [0.1, 0.15) is 39.5 Å². The van der Waals surface area contributed by atoms with Gasteiger partial charge in [0.05, 0.1) is 13.2 Å². The molecule has 0 aliphatic heterocycles. The van der Waals surface area contributed by atoms with Crippen molar-refractivity contribution in [1.29, 1.82) is 0 Å². The largest absolute Gasteiger partial charge is 0.396 e. The minimum absolute atomic E-state index is 0.0883. The van der Waals surface area contributed by atoms with E-state index in [-0.39, 0.29) is 12.0 Å². The maximum atomic E-state index is 9.43. The van der Waals surface area contributed by atoms with Gasteiger partial charge < -0.3 is 15.7 Å². The van der Waals surface area contributed by atoms with Gasteiger partial charge in [0.25, 0.3) is 0 Å². The number of aliphatic hydroxyl groups is 1. The number of nitrogens with zero attached hydrogens (tertiary/aromatic N) is 2. The summed E-state index contributed by atoms with van der Waals surface area (Å²) in [6, 6.07) is 0.593. The van der Waals surface area contributed by atoms with Gasteiger partial charge in [0.15, 0.2) is 5.96 Å². The van der Waals surface area contributed by atoms with Crippen LogP contribution in [0, 0.1) is 5.41 Å². The summed E-state index contributed by atoms with van der Waals surface area (Å²) in [6.07, 6.45) is 4.31. The lowest BCUT2D eigenvalue weighted by Crippen LogP contribution is -2.37. The Kier molecular flexibility index (Phi) is 4.59. The molecule has 0 radical (unpaired) electrons. The Morgan fingerprint density at radius 3 is 2.38 bits per heavy atom. The first kappa shape index (κ1) is 13.3. The third-order valence-electron chi connectivity index (χ3n) is 3.87. The average molecular weight is 227 g/mol. The fourth-order valence-corrected chi connectivity index (χ4v) is 1.76. The minimum atomic E-state index is -0.0883. The molecule has 0 aromatic rings. The molecule has 0 atom stereocenters. The van der Waals surface area contributed by atoms with Gasteiger partial charge in [0, 0.05) is 18.5 Å². The van der Waals surface area contributed by atoms with Gasteiger partial charge in [-0.25, -0.2) is 0 Å². The molecule has 0 amide bonds. The van der Waals surface area contributed by atoms with E-state index in [1.54, 1.807) is 0 Å². The highest BCUT2D eigenvalue weighted by atomic mass is 16.3. The molecule has 0 saturated heterocycles. The van der Waals surface area contributed by atoms with E-state index in [0.717, 1.165) is 12.8 Å². The van der Waals surface area contributed by atoms with E-state index in [1.807, 2.05) is 11.9 Å². The van der Waals surface area contributed by atoms with E-state index < -0.39 is 0 Å². The lowest BCUT2D eigenvalue weighted by molar-refractivity contribution is 0.123. The molecule has 1 aliphatic carbocycles. The summed E-state index contributed by atoms with van der Waals surface area (Å²) in [6.45, 7) is 5.00. The fourth-order valence-electron chi connectivity index (χ4n) is 1.76. The van der Waals surface area contributed by atoms with Crippen LogP contribution in [0.4, 0.5) is 0 Å². The number of rotatable bonds is 6. The van der Waals surface area contributed by atoms with Crippen molar-refractivity contribution in [2.75, 3.05) is 20.2 Å². The van der Waals surface area contributed by atoms with Gasteiger partial charge in [-0.05, 0) is 25.7 Å². The molecule has 0 heterocycles. The highest BCUT2D eigenvalue weighted by molar-refractivity contribution is 5.78. The number of guanidine groups is 1. The predicted molar refractivity (Wildman–Crippen MR) is 67.4 cm³/mol. The minimum Gasteiger partial charge on any atom is -0.396 e. The van der Waals surface area contributed by atoms with Crippen LogP contribution >= 0.6 is 0 Å². The molecule has 0 unspecified atom stereocenters. The summed E-state index contributed by atoms with van der Waals surface area (Å²) in [5, 5.41) is 9.43. The topological polar surface area (TPSA) is 61.9 Å². The Morgan fingerprint density at radius 2 is 2.00 bits per heavy atom. The van der Waals surface area contributed by atoms with Gasteiger partial charge in [-0.2, -0.15) is 0 Å². The summed E-state index contributed by atoms with van der Waals surface area (Å²) < 4.78 is 0. The smallest absolute Gasteiger partial charge is 0.191 e. The molecule has 3 N–H and O–H groups in total. The Morgan fingerprint density at radius 1 is 1.44 bits per heavy atom. The normalized spacial score (nSPS) is 17.6. The van der Waals surface area contributed by atoms with Crippen LogP contribution in [-0.4, -0.2) is 42.2 Å². The van der Waals surface area contributed by atoms with Crippen molar-refractivity contribution in [1.82, 2.24) is 4.90 Å². The van der Waals surface area contributed by atoms with E-state index in [0.29, 0.717) is 18.5 Å². The number of hydrogen-bond donors (Lipinski definition) is 2. The second kappa shape index (κ2) is 5.53. The summed E-state index contributed by atoms with van der Waals surface area (Å²) in [4.78, 5) is 6.48. The first-order valence-corrected chi connectivity index (χ1v) is 6.22. The third kappa shape index (κ3) is 3.11. The molecular weight excluding hydrogens is 202 g/mol. The Hall–Kier alpha value is -0.770. The number of nitrogens with two attached hydrogens (primary N) is 1. The zero-order valence-electron chi connectivity index (χ0n) is 10.7. The van der Waals surface area contributed by atoms with Crippen molar-refractivity contribution in [3.8, 4) is 0 Å². The van der Waals surface area contributed by atoms with Crippen LogP contribution in [0.25, 0.3) is 0 Å². The number of aliphatic hydroxyl groups excluding tert-OH is 1. The molecule has 1 aliphatic rings. The van der Waals surface area contributed by atoms with E-state index in [1.165, 1.54) is 12.8 Å². The standard InChI is InChI=1S/C12H25N3O/c1-4-12(5-2,9-16)8-14-11(13)15(3)10-6-7-10/h10,16H,4-9H2,1-3H3,(H2,13,14). The second-order valence-corrected chi connectivity index (χ2v) is 4.88. The van der Waals surface area contributed by atoms with Crippen LogP contribution in [0.15, 0.2) is 4.99 Å². The molecule has 0 aromatic carbocycles. The van der Waals surface area contributed by atoms with Crippen molar-refractivity contribution < 1.29 is 5.11 Å². The van der Waals surface area contributed by atoms with Gasteiger partial charge >= 0.3 is 0 Å². The molecule has 1 fully saturated rings. The average Bonchev–Trinajstić information content (AvgIpc) is 3.14. The summed E-state index contributed by atoms with van der Waals surface area (Å²) in [7, 11) is 2.00. The maximum absolute atomic E-state index is 9.43. The van der Waals surface area contributed by atoms with Crippen molar-refractivity contribution in [2.45, 2.75) is 45.6 Å². The summed E-state index contributed by atoms with van der Waals surface area (Å²) >= 11 is 0. The molecule has 0 spiro atoms. The quantitative estimate of drug-likeness (QED) is 0.529.